The van der Waals surface area contributed by atoms with Gasteiger partial charge in [-0.15, -0.1) is 0 Å². The van der Waals surface area contributed by atoms with E-state index in [1.807, 2.05) is 6.07 Å². The maximum absolute atomic E-state index is 15.5. The van der Waals surface area contributed by atoms with Crippen molar-refractivity contribution in [3.05, 3.63) is 146 Å². The summed E-state index contributed by atoms with van der Waals surface area (Å²) in [6, 6.07) is 22.2. The second-order valence-corrected chi connectivity index (χ2v) is 15.8. The number of fused-ring (bicyclic) bond motifs is 5. The van der Waals surface area contributed by atoms with Crippen molar-refractivity contribution in [1.29, 1.82) is 0 Å². The molecule has 2 saturated heterocycles. The highest BCUT2D eigenvalue weighted by molar-refractivity contribution is 6.33. The van der Waals surface area contributed by atoms with Crippen LogP contribution in [0.5, 0.6) is 5.75 Å². The number of phenols is 1. The number of nitro groups is 1. The minimum Gasteiger partial charge on any atom is -0.508 e. The monoisotopic (exact) mass is 841 g/mol. The van der Waals surface area contributed by atoms with Crippen LogP contribution < -0.4 is 10.3 Å². The van der Waals surface area contributed by atoms with E-state index in [2.05, 4.69) is 10.4 Å². The lowest BCUT2D eigenvalue weighted by molar-refractivity contribution is -0.384. The number of aromatic nitrogens is 1. The van der Waals surface area contributed by atoms with Crippen molar-refractivity contribution in [2.45, 2.75) is 30.4 Å². The molecule has 2 aliphatic carbocycles. The summed E-state index contributed by atoms with van der Waals surface area (Å²) in [5.74, 6) is -8.71. The number of phenolic OH excluding ortho intramolecular Hbond substituents is 1. The van der Waals surface area contributed by atoms with Crippen LogP contribution in [-0.4, -0.2) is 43.7 Å². The minimum absolute atomic E-state index is 0.0448. The van der Waals surface area contributed by atoms with E-state index in [1.165, 1.54) is 30.3 Å². The maximum Gasteiger partial charge on any atom is 0.417 e. The number of allylic oxidation sites excluding steroid dienone is 2. The Kier molecular flexibility index (Phi) is 8.83. The summed E-state index contributed by atoms with van der Waals surface area (Å²) < 4.78 is 40.7. The van der Waals surface area contributed by atoms with Gasteiger partial charge in [0, 0.05) is 34.8 Å². The number of rotatable bonds is 6. The van der Waals surface area contributed by atoms with E-state index in [0.717, 1.165) is 4.90 Å². The highest BCUT2D eigenvalue weighted by Gasteiger charge is 2.71. The number of alkyl halides is 3. The van der Waals surface area contributed by atoms with Crippen LogP contribution >= 0.6 is 23.2 Å². The Morgan fingerprint density at radius 3 is 2.29 bits per heavy atom. The van der Waals surface area contributed by atoms with Gasteiger partial charge in [-0.25, -0.2) is 4.98 Å². The van der Waals surface area contributed by atoms with Gasteiger partial charge in [-0.2, -0.15) is 18.2 Å². The summed E-state index contributed by atoms with van der Waals surface area (Å²) in [6.07, 6.45) is -2.59. The SMILES string of the molecule is O=C1C2CC3C(=CCC4C(=O)N(c5ccc([N+](=O)[O-])cc5)C(=O)C43)C(c3c(O)ccc4ccccc34)C2(c2ccc(Cl)cc2)C(=O)N1Nc1ncc(C(F)(F)F)cc1Cl. The highest BCUT2D eigenvalue weighted by atomic mass is 35.5. The van der Waals surface area contributed by atoms with E-state index in [-0.39, 0.29) is 35.5 Å². The number of hydrogen-bond acceptors (Lipinski definition) is 9. The van der Waals surface area contributed by atoms with Crippen LogP contribution in [0.3, 0.4) is 0 Å². The van der Waals surface area contributed by atoms with Crippen molar-refractivity contribution >= 4 is 74.8 Å². The van der Waals surface area contributed by atoms with Crippen molar-refractivity contribution < 1.29 is 42.4 Å². The summed E-state index contributed by atoms with van der Waals surface area (Å²) >= 11 is 12.6. The van der Waals surface area contributed by atoms with Crippen LogP contribution in [0.2, 0.25) is 10.0 Å². The third kappa shape index (κ3) is 5.69. The number of carbonyl (C=O) groups is 4. The van der Waals surface area contributed by atoms with Gasteiger partial charge in [-0.3, -0.25) is 39.6 Å². The van der Waals surface area contributed by atoms with E-state index in [1.54, 1.807) is 54.6 Å². The Morgan fingerprint density at radius 1 is 0.898 bits per heavy atom. The number of nitro benzene ring substituents is 1. The summed E-state index contributed by atoms with van der Waals surface area (Å²) in [5, 5.41) is 25.0. The lowest BCUT2D eigenvalue weighted by atomic mass is 9.48. The molecule has 4 aromatic carbocycles. The van der Waals surface area contributed by atoms with Crippen molar-refractivity contribution in [2.24, 2.45) is 23.7 Å². The molecule has 59 heavy (non-hydrogen) atoms. The molecule has 1 saturated carbocycles. The Balaban J connectivity index is 1.25. The first-order valence-electron chi connectivity index (χ1n) is 18.3. The number of anilines is 2. The van der Waals surface area contributed by atoms with Crippen LogP contribution in [0.15, 0.2) is 109 Å². The molecule has 298 valence electrons. The normalized spacial score (nSPS) is 25.2. The summed E-state index contributed by atoms with van der Waals surface area (Å²) in [7, 11) is 0. The molecule has 12 nitrogen and oxygen atoms in total. The number of imide groups is 2. The Morgan fingerprint density at radius 2 is 1.61 bits per heavy atom. The fourth-order valence-corrected chi connectivity index (χ4v) is 10.00. The molecule has 5 aromatic rings. The fourth-order valence-electron chi connectivity index (χ4n) is 9.66. The van der Waals surface area contributed by atoms with E-state index < -0.39 is 86.1 Å². The maximum atomic E-state index is 15.5. The van der Waals surface area contributed by atoms with Crippen molar-refractivity contribution in [3.63, 3.8) is 0 Å². The topological polar surface area (TPSA) is 163 Å². The summed E-state index contributed by atoms with van der Waals surface area (Å²) in [6.45, 7) is 0. The number of hydrazine groups is 1. The zero-order valence-corrected chi connectivity index (χ0v) is 31.7. The molecule has 2 aliphatic heterocycles. The first kappa shape index (κ1) is 38.2. The number of nitrogens with one attached hydrogen (secondary N) is 1. The zero-order valence-electron chi connectivity index (χ0n) is 30.2. The number of carbonyl (C=O) groups excluding carboxylic acids is 4. The number of hydrogen-bond donors (Lipinski definition) is 2. The van der Waals surface area contributed by atoms with Crippen LogP contribution in [0.4, 0.5) is 30.4 Å². The van der Waals surface area contributed by atoms with Gasteiger partial charge in [-0.1, -0.05) is 77.3 Å². The number of benzene rings is 4. The largest absolute Gasteiger partial charge is 0.508 e. The van der Waals surface area contributed by atoms with Gasteiger partial charge < -0.3 is 5.11 Å². The average Bonchev–Trinajstić information content (AvgIpc) is 3.59. The summed E-state index contributed by atoms with van der Waals surface area (Å²) in [5.41, 5.74) is 0.551. The molecule has 9 rings (SSSR count). The lowest BCUT2D eigenvalue weighted by Gasteiger charge is -2.51. The number of aromatic hydroxyl groups is 1. The summed E-state index contributed by atoms with van der Waals surface area (Å²) in [4.78, 5) is 74.9. The third-order valence-corrected chi connectivity index (χ3v) is 12.7. The zero-order chi connectivity index (χ0) is 41.7. The second kappa shape index (κ2) is 13.6. The molecule has 0 bridgehead atoms. The molecule has 4 amide bonds. The number of amides is 4. The smallest absolute Gasteiger partial charge is 0.417 e. The van der Waals surface area contributed by atoms with E-state index in [4.69, 9.17) is 23.2 Å². The highest BCUT2D eigenvalue weighted by Crippen LogP contribution is 2.65. The van der Waals surface area contributed by atoms with Gasteiger partial charge in [0.25, 0.3) is 17.5 Å². The number of halogens is 5. The number of nitrogens with zero attached hydrogens (tertiary/aromatic N) is 4. The number of pyridine rings is 1. The molecule has 3 fully saturated rings. The average molecular weight is 843 g/mol. The predicted molar refractivity (Wildman–Crippen MR) is 208 cm³/mol. The van der Waals surface area contributed by atoms with Gasteiger partial charge in [0.2, 0.25) is 11.8 Å². The molecular weight excluding hydrogens is 814 g/mol. The van der Waals surface area contributed by atoms with E-state index in [9.17, 15) is 38.0 Å². The molecule has 1 aromatic heterocycles. The Bertz CT molecular complexity index is 2690. The van der Waals surface area contributed by atoms with E-state index in [0.29, 0.717) is 44.2 Å². The van der Waals surface area contributed by atoms with Gasteiger partial charge >= 0.3 is 6.18 Å². The molecule has 6 atom stereocenters. The minimum atomic E-state index is -4.79. The first-order valence-corrected chi connectivity index (χ1v) is 19.0. The second-order valence-electron chi connectivity index (χ2n) is 14.9. The standard InChI is InChI=1S/C42H28Cl2F3N5O7/c43-23-8-6-21(7-9-23)41-30(38(55)51(40(41)57)49-36-31(44)17-22(19-48-36)42(45,46)47)18-29-27(35(41)34-26-4-2-1-3-20(26)5-16-32(34)53)14-15-28-33(29)39(56)50(37(28)54)24-10-12-25(13-11-24)52(58)59/h1-14,16-17,19,28-30,33,35,53H,15,18H2,(H,48,49). The van der Waals surface area contributed by atoms with Crippen molar-refractivity contribution in [3.8, 4) is 5.75 Å². The third-order valence-electron chi connectivity index (χ3n) is 12.1. The van der Waals surface area contributed by atoms with Gasteiger partial charge in [0.1, 0.15) is 5.75 Å². The van der Waals surface area contributed by atoms with Crippen LogP contribution in [0.1, 0.15) is 35.4 Å². The van der Waals surface area contributed by atoms with Crippen LogP contribution in [0.25, 0.3) is 10.8 Å². The molecule has 2 N–H and O–H groups in total. The Labute approximate surface area is 342 Å². The predicted octanol–water partition coefficient (Wildman–Crippen LogP) is 8.36. The molecule has 3 heterocycles. The van der Waals surface area contributed by atoms with Gasteiger partial charge in [0.15, 0.2) is 5.82 Å². The molecule has 4 aliphatic rings. The molecule has 17 heteroatoms. The van der Waals surface area contributed by atoms with E-state index >= 15 is 9.59 Å². The Hall–Kier alpha value is -6.32. The lowest BCUT2D eigenvalue weighted by Crippen LogP contribution is -2.53. The quantitative estimate of drug-likeness (QED) is 0.0740. The molecular formula is C42H28Cl2F3N5O7. The van der Waals surface area contributed by atoms with Crippen molar-refractivity contribution in [2.75, 3.05) is 10.3 Å². The molecule has 0 spiro atoms. The molecule has 0 radical (unpaired) electrons. The molecule has 6 unspecified atom stereocenters. The fraction of sp³-hybridized carbons (Fsp3) is 0.214. The number of non-ortho nitro benzene ring substituents is 1. The first-order chi connectivity index (χ1) is 28.1. The van der Waals surface area contributed by atoms with Crippen LogP contribution in [-0.2, 0) is 30.8 Å². The van der Waals surface area contributed by atoms with Crippen molar-refractivity contribution in [1.82, 2.24) is 9.99 Å². The van der Waals surface area contributed by atoms with Gasteiger partial charge in [-0.05, 0) is 71.5 Å². The van der Waals surface area contributed by atoms with Gasteiger partial charge in [0.05, 0.1) is 44.4 Å². The van der Waals surface area contributed by atoms with Crippen LogP contribution in [0, 0.1) is 33.8 Å².